The van der Waals surface area contributed by atoms with E-state index in [1.54, 1.807) is 6.07 Å². The number of hydrogen-bond acceptors (Lipinski definition) is 4. The van der Waals surface area contributed by atoms with Gasteiger partial charge in [-0.3, -0.25) is 4.79 Å². The van der Waals surface area contributed by atoms with Gasteiger partial charge in [-0.05, 0) is 34.8 Å². The quantitative estimate of drug-likeness (QED) is 0.342. The maximum absolute atomic E-state index is 12.2. The van der Waals surface area contributed by atoms with Crippen LogP contribution in [0.4, 0.5) is 0 Å². The first-order valence-electron chi connectivity index (χ1n) is 6.12. The molecule has 1 heterocycles. The third-order valence-electron chi connectivity index (χ3n) is 3.52. The molecule has 1 fully saturated rings. The molecule has 0 saturated heterocycles. The van der Waals surface area contributed by atoms with Crippen molar-refractivity contribution in [1.29, 1.82) is 0 Å². The van der Waals surface area contributed by atoms with Crippen molar-refractivity contribution in [2.45, 2.75) is 37.6 Å². The van der Waals surface area contributed by atoms with Crippen molar-refractivity contribution in [1.82, 2.24) is 5.32 Å². The summed E-state index contributed by atoms with van der Waals surface area (Å²) in [6.45, 7) is 0. The summed E-state index contributed by atoms with van der Waals surface area (Å²) in [7, 11) is 0. The molecule has 1 amide bonds. The predicted molar refractivity (Wildman–Crippen MR) is 73.1 cm³/mol. The largest absolute Gasteiger partial charge is 0.457 e. The summed E-state index contributed by atoms with van der Waals surface area (Å²) >= 11 is 3.17. The molecule has 1 aliphatic carbocycles. The standard InChI is InChI=1S/C12H16BrN3O3/c13-9-8(4-7-19-9)10(17)15-12(11(14)16-18)5-2-1-3-6-12/h4,7,18H,1-3,5-6H2,(H2,14,16)(H,15,17). The lowest BCUT2D eigenvalue weighted by molar-refractivity contribution is 0.0904. The summed E-state index contributed by atoms with van der Waals surface area (Å²) in [5.41, 5.74) is 5.41. The van der Waals surface area contributed by atoms with Gasteiger partial charge in [-0.2, -0.15) is 0 Å². The highest BCUT2D eigenvalue weighted by atomic mass is 79.9. The Kier molecular flexibility index (Phi) is 4.14. The van der Waals surface area contributed by atoms with E-state index in [0.717, 1.165) is 19.3 Å². The van der Waals surface area contributed by atoms with E-state index in [4.69, 9.17) is 15.4 Å². The zero-order valence-electron chi connectivity index (χ0n) is 10.4. The molecular weight excluding hydrogens is 314 g/mol. The molecule has 0 aromatic carbocycles. The van der Waals surface area contributed by atoms with Crippen LogP contribution in [0.1, 0.15) is 42.5 Å². The van der Waals surface area contributed by atoms with Crippen LogP contribution in [0.25, 0.3) is 0 Å². The average Bonchev–Trinajstić information content (AvgIpc) is 2.85. The molecule has 1 aromatic heterocycles. The van der Waals surface area contributed by atoms with Crippen molar-refractivity contribution in [3.63, 3.8) is 0 Å². The van der Waals surface area contributed by atoms with Crippen LogP contribution in [0.5, 0.6) is 0 Å². The number of nitrogens with one attached hydrogen (secondary N) is 1. The van der Waals surface area contributed by atoms with E-state index < -0.39 is 5.54 Å². The van der Waals surface area contributed by atoms with Gasteiger partial charge < -0.3 is 20.7 Å². The number of nitrogens with two attached hydrogens (primary N) is 1. The number of hydrogen-bond donors (Lipinski definition) is 3. The van der Waals surface area contributed by atoms with Gasteiger partial charge in [0.2, 0.25) is 0 Å². The Bertz CT molecular complexity index is 492. The highest BCUT2D eigenvalue weighted by Gasteiger charge is 2.38. The minimum Gasteiger partial charge on any atom is -0.457 e. The number of nitrogens with zero attached hydrogens (tertiary/aromatic N) is 1. The number of amidine groups is 1. The fourth-order valence-corrected chi connectivity index (χ4v) is 2.86. The maximum atomic E-state index is 12.2. The van der Waals surface area contributed by atoms with Crippen LogP contribution in [-0.2, 0) is 0 Å². The van der Waals surface area contributed by atoms with Crippen molar-refractivity contribution < 1.29 is 14.4 Å². The van der Waals surface area contributed by atoms with Crippen molar-refractivity contribution in [2.75, 3.05) is 0 Å². The maximum Gasteiger partial charge on any atom is 0.256 e. The van der Waals surface area contributed by atoms with Gasteiger partial charge in [0, 0.05) is 0 Å². The minimum atomic E-state index is -0.763. The Hall–Kier alpha value is -1.50. The summed E-state index contributed by atoms with van der Waals surface area (Å²) in [6, 6.07) is 1.57. The lowest BCUT2D eigenvalue weighted by atomic mass is 9.80. The van der Waals surface area contributed by atoms with Crippen LogP contribution in [0.2, 0.25) is 0 Å². The highest BCUT2D eigenvalue weighted by molar-refractivity contribution is 9.10. The molecule has 1 saturated carbocycles. The third kappa shape index (κ3) is 2.75. The summed E-state index contributed by atoms with van der Waals surface area (Å²) in [5.74, 6) is -0.241. The van der Waals surface area contributed by atoms with Gasteiger partial charge in [-0.25, -0.2) is 0 Å². The second-order valence-electron chi connectivity index (χ2n) is 4.69. The number of carbonyl (C=O) groups is 1. The van der Waals surface area contributed by atoms with E-state index in [1.807, 2.05) is 0 Å². The van der Waals surface area contributed by atoms with Gasteiger partial charge in [-0.1, -0.05) is 24.4 Å². The molecule has 0 unspecified atom stereocenters. The number of amides is 1. The van der Waals surface area contributed by atoms with E-state index in [2.05, 4.69) is 26.4 Å². The van der Waals surface area contributed by atoms with Crippen LogP contribution in [0.15, 0.2) is 26.6 Å². The Labute approximate surface area is 119 Å². The number of carbonyl (C=O) groups excluding carboxylic acids is 1. The predicted octanol–water partition coefficient (Wildman–Crippen LogP) is 2.22. The van der Waals surface area contributed by atoms with Crippen LogP contribution >= 0.6 is 15.9 Å². The van der Waals surface area contributed by atoms with Crippen molar-refractivity contribution in [2.24, 2.45) is 10.9 Å². The average molecular weight is 330 g/mol. The van der Waals surface area contributed by atoms with E-state index in [9.17, 15) is 4.79 Å². The topological polar surface area (TPSA) is 101 Å². The molecule has 7 heteroatoms. The molecule has 0 spiro atoms. The van der Waals surface area contributed by atoms with Crippen LogP contribution in [0.3, 0.4) is 0 Å². The Morgan fingerprint density at radius 1 is 1.47 bits per heavy atom. The van der Waals surface area contributed by atoms with Gasteiger partial charge in [0.15, 0.2) is 10.5 Å². The zero-order valence-corrected chi connectivity index (χ0v) is 11.9. The van der Waals surface area contributed by atoms with Gasteiger partial charge in [-0.15, -0.1) is 0 Å². The summed E-state index contributed by atoms with van der Waals surface area (Å²) < 4.78 is 5.41. The van der Waals surface area contributed by atoms with E-state index in [0.29, 0.717) is 23.1 Å². The van der Waals surface area contributed by atoms with Gasteiger partial charge >= 0.3 is 0 Å². The number of oxime groups is 1. The van der Waals surface area contributed by atoms with E-state index in [-0.39, 0.29) is 11.7 Å². The van der Waals surface area contributed by atoms with E-state index in [1.165, 1.54) is 6.26 Å². The molecule has 4 N–H and O–H groups in total. The van der Waals surface area contributed by atoms with Gasteiger partial charge in [0.1, 0.15) is 5.54 Å². The number of halogens is 1. The Balaban J connectivity index is 2.21. The fourth-order valence-electron chi connectivity index (χ4n) is 2.44. The first-order valence-corrected chi connectivity index (χ1v) is 6.92. The highest BCUT2D eigenvalue weighted by Crippen LogP contribution is 2.29. The molecular formula is C12H16BrN3O3. The normalized spacial score (nSPS) is 19.1. The lowest BCUT2D eigenvalue weighted by Crippen LogP contribution is -2.58. The summed E-state index contributed by atoms with van der Waals surface area (Å²) in [4.78, 5) is 12.2. The fraction of sp³-hybridized carbons (Fsp3) is 0.500. The second kappa shape index (κ2) is 5.64. The molecule has 0 atom stereocenters. The van der Waals surface area contributed by atoms with Crippen molar-refractivity contribution in [3.05, 3.63) is 22.6 Å². The van der Waals surface area contributed by atoms with Crippen LogP contribution in [-0.4, -0.2) is 22.5 Å². The molecule has 19 heavy (non-hydrogen) atoms. The SMILES string of the molecule is N/C(=N/O)C1(NC(=O)c2ccoc2Br)CCCCC1. The summed E-state index contributed by atoms with van der Waals surface area (Å²) in [6.07, 6.45) is 5.72. The molecule has 0 radical (unpaired) electrons. The smallest absolute Gasteiger partial charge is 0.256 e. The van der Waals surface area contributed by atoms with E-state index >= 15 is 0 Å². The van der Waals surface area contributed by atoms with Gasteiger partial charge in [0.05, 0.1) is 11.8 Å². The minimum absolute atomic E-state index is 0.0557. The molecule has 6 nitrogen and oxygen atoms in total. The van der Waals surface area contributed by atoms with Crippen LogP contribution < -0.4 is 11.1 Å². The van der Waals surface area contributed by atoms with Gasteiger partial charge in [0.25, 0.3) is 5.91 Å². The monoisotopic (exact) mass is 329 g/mol. The first-order chi connectivity index (χ1) is 9.09. The molecule has 2 rings (SSSR count). The van der Waals surface area contributed by atoms with Crippen molar-refractivity contribution >= 4 is 27.7 Å². The molecule has 1 aromatic rings. The molecule has 0 aliphatic heterocycles. The molecule has 1 aliphatic rings. The zero-order chi connectivity index (χ0) is 13.9. The molecule has 0 bridgehead atoms. The molecule has 104 valence electrons. The summed E-state index contributed by atoms with van der Waals surface area (Å²) in [5, 5.41) is 14.9. The Morgan fingerprint density at radius 3 is 2.68 bits per heavy atom. The first kappa shape index (κ1) is 13.9. The number of furan rings is 1. The number of rotatable bonds is 3. The second-order valence-corrected chi connectivity index (χ2v) is 5.41. The Morgan fingerprint density at radius 2 is 2.16 bits per heavy atom. The third-order valence-corrected chi connectivity index (χ3v) is 4.13. The van der Waals surface area contributed by atoms with Crippen LogP contribution in [0, 0.1) is 0 Å². The lowest BCUT2D eigenvalue weighted by Gasteiger charge is -2.36. The van der Waals surface area contributed by atoms with Crippen molar-refractivity contribution in [3.8, 4) is 0 Å².